The molecular weight excluding hydrogens is 912 g/mol. The summed E-state index contributed by atoms with van der Waals surface area (Å²) in [7, 11) is -14.3. The first-order valence-electron chi connectivity index (χ1n) is 17.8. The Morgan fingerprint density at radius 2 is 0.444 bits per heavy atom. The van der Waals surface area contributed by atoms with Gasteiger partial charge in [-0.1, -0.05) is 13.5 Å². The lowest BCUT2D eigenvalue weighted by Gasteiger charge is -2.33. The molecule has 0 bridgehead atoms. The maximum absolute atomic E-state index is 13.7. The number of nitrogen functional groups attached to an aromatic ring is 3. The fourth-order valence-electron chi connectivity index (χ4n) is 5.28. The van der Waals surface area contributed by atoms with E-state index in [0.717, 1.165) is 36.4 Å². The van der Waals surface area contributed by atoms with Crippen molar-refractivity contribution in [2.75, 3.05) is 17.2 Å². The maximum Gasteiger partial charge on any atom is 0.460 e. The monoisotopic (exact) mass is 942 g/mol. The number of halogens is 9. The van der Waals surface area contributed by atoms with E-state index in [0.29, 0.717) is 36.4 Å². The van der Waals surface area contributed by atoms with E-state index in [9.17, 15) is 39.5 Å². The minimum Gasteiger partial charge on any atom is -0.413 e. The molecule has 7 rings (SSSR count). The summed E-state index contributed by atoms with van der Waals surface area (Å²) >= 11 is 0. The summed E-state index contributed by atoms with van der Waals surface area (Å²) in [5.74, 6) is -1.21. The van der Waals surface area contributed by atoms with Crippen molar-refractivity contribution in [3.8, 4) is 34.5 Å². The first-order valence-corrected chi connectivity index (χ1v) is 22.4. The van der Waals surface area contributed by atoms with Crippen molar-refractivity contribution in [1.82, 2.24) is 0 Å². The molecule has 63 heavy (non-hydrogen) atoms. The second-order valence-corrected chi connectivity index (χ2v) is 19.2. The van der Waals surface area contributed by atoms with E-state index in [1.54, 1.807) is 0 Å². The summed E-state index contributed by atoms with van der Waals surface area (Å²) in [5.41, 5.74) is 15.4. The van der Waals surface area contributed by atoms with Gasteiger partial charge in [-0.2, -0.15) is 39.5 Å². The number of anilines is 3. The molecule has 1 aliphatic rings. The minimum atomic E-state index is -4.77. The van der Waals surface area contributed by atoms with Crippen LogP contribution in [0.1, 0.15) is 16.7 Å². The van der Waals surface area contributed by atoms with Crippen LogP contribution in [0.2, 0.25) is 0 Å². The zero-order chi connectivity index (χ0) is 45.3. The lowest BCUT2D eigenvalue weighted by atomic mass is 10.2. The molecule has 0 radical (unpaired) electrons. The SMILES string of the molecule is Nc1ccc(OP2(Oc3ccc(C(F)(F)F)cc3)=NP(Oc3ccc(N)cc3)(Oc3ccc(C(F)(F)F)cc3)=NP(Oc3ccc(N)cc3)(Oc3ccc(C(F)(F)F)cc3)=N2)cc1. The van der Waals surface area contributed by atoms with E-state index in [2.05, 4.69) is 0 Å². The number of hydrogen-bond donors (Lipinski definition) is 3. The van der Waals surface area contributed by atoms with Crippen molar-refractivity contribution in [1.29, 1.82) is 0 Å². The number of benzene rings is 6. The Hall–Kier alpha value is -6.42. The van der Waals surface area contributed by atoms with Gasteiger partial charge in [-0.15, -0.1) is 0 Å². The zero-order valence-electron chi connectivity index (χ0n) is 31.6. The molecule has 0 aromatic heterocycles. The Balaban J connectivity index is 1.56. The quantitative estimate of drug-likeness (QED) is 0.0614. The fourth-order valence-corrected chi connectivity index (χ4v) is 14.3. The average molecular weight is 943 g/mol. The van der Waals surface area contributed by atoms with Gasteiger partial charge in [0.2, 0.25) is 0 Å². The zero-order valence-corrected chi connectivity index (χ0v) is 34.3. The highest BCUT2D eigenvalue weighted by Gasteiger charge is 2.49. The van der Waals surface area contributed by atoms with Crippen molar-refractivity contribution < 1.29 is 66.7 Å². The summed E-state index contributed by atoms with van der Waals surface area (Å²) in [6, 6.07) is 26.4. The molecule has 0 unspecified atom stereocenters. The maximum atomic E-state index is 13.7. The highest BCUT2D eigenvalue weighted by atomic mass is 31.3. The van der Waals surface area contributed by atoms with E-state index < -0.39 is 58.2 Å². The van der Waals surface area contributed by atoms with Crippen LogP contribution >= 0.6 is 23.0 Å². The molecule has 0 saturated heterocycles. The topological polar surface area (TPSA) is 171 Å². The minimum absolute atomic E-state index is 0.0703. The third-order valence-corrected chi connectivity index (χ3v) is 16.3. The van der Waals surface area contributed by atoms with Crippen molar-refractivity contribution in [3.05, 3.63) is 162 Å². The van der Waals surface area contributed by atoms with Gasteiger partial charge in [0.15, 0.2) is 0 Å². The standard InChI is InChI=1S/C39H30F9N6O6P3/c40-37(41,42)25-1-13-31(14-2-25)55-61(58-34-19-7-28(49)8-20-34)52-62(59-35-21-9-29(50)10-22-35,56-32-15-3-26(4-16-32)38(43,44)45)54-63(53-61,60-36-23-11-30(51)12-24-36)57-33-17-5-27(6-18-33)39(46,47)48/h1-24H,49-51H2. The van der Waals surface area contributed by atoms with Gasteiger partial charge in [0.05, 0.1) is 16.7 Å². The van der Waals surface area contributed by atoms with Gasteiger partial charge in [0.25, 0.3) is 0 Å². The molecule has 6 aromatic carbocycles. The third kappa shape index (κ3) is 11.2. The number of nitrogens with zero attached hydrogens (tertiary/aromatic N) is 3. The fraction of sp³-hybridized carbons (Fsp3) is 0.0769. The lowest BCUT2D eigenvalue weighted by Crippen LogP contribution is -2.12. The van der Waals surface area contributed by atoms with E-state index in [4.69, 9.17) is 57.9 Å². The number of alkyl halides is 9. The van der Waals surface area contributed by atoms with Gasteiger partial charge in [0, 0.05) is 17.1 Å². The lowest BCUT2D eigenvalue weighted by molar-refractivity contribution is -0.138. The van der Waals surface area contributed by atoms with Crippen molar-refractivity contribution in [2.45, 2.75) is 18.5 Å². The summed E-state index contributed by atoms with van der Waals surface area (Å²) in [6.07, 6.45) is -14.3. The van der Waals surface area contributed by atoms with Crippen molar-refractivity contribution >= 4 is 40.0 Å². The molecule has 330 valence electrons. The van der Waals surface area contributed by atoms with Crippen LogP contribution in [-0.4, -0.2) is 0 Å². The Labute approximate surface area is 352 Å². The van der Waals surface area contributed by atoms with E-state index in [1.807, 2.05) is 0 Å². The molecule has 24 heteroatoms. The Morgan fingerprint density at radius 3 is 0.603 bits per heavy atom. The average Bonchev–Trinajstić information content (AvgIpc) is 3.20. The van der Waals surface area contributed by atoms with Gasteiger partial charge < -0.3 is 44.3 Å². The van der Waals surface area contributed by atoms with Crippen LogP contribution in [0.3, 0.4) is 0 Å². The van der Waals surface area contributed by atoms with E-state index in [1.165, 1.54) is 72.8 Å². The summed E-state index contributed by atoms with van der Waals surface area (Å²) in [5, 5.41) is 0. The Kier molecular flexibility index (Phi) is 12.1. The predicted octanol–water partition coefficient (Wildman–Crippen LogP) is 14.1. The molecule has 0 fully saturated rings. The second kappa shape index (κ2) is 17.0. The van der Waals surface area contributed by atoms with E-state index in [-0.39, 0.29) is 51.6 Å². The van der Waals surface area contributed by atoms with Crippen LogP contribution in [0, 0.1) is 0 Å². The largest absolute Gasteiger partial charge is 0.460 e. The predicted molar refractivity (Wildman–Crippen MR) is 219 cm³/mol. The Bertz CT molecular complexity index is 2420. The molecule has 6 N–H and O–H groups in total. The molecule has 0 atom stereocenters. The van der Waals surface area contributed by atoms with Crippen LogP contribution in [0.4, 0.5) is 56.6 Å². The second-order valence-electron chi connectivity index (χ2n) is 13.1. The smallest absolute Gasteiger partial charge is 0.413 e. The first kappa shape index (κ1) is 44.6. The third-order valence-electron chi connectivity index (χ3n) is 8.21. The first-order chi connectivity index (χ1) is 29.6. The van der Waals surface area contributed by atoms with E-state index >= 15 is 0 Å². The van der Waals surface area contributed by atoms with Crippen molar-refractivity contribution in [3.63, 3.8) is 0 Å². The van der Waals surface area contributed by atoms with Crippen LogP contribution in [0.15, 0.2) is 159 Å². The molecule has 1 aliphatic heterocycles. The normalized spacial score (nSPS) is 20.0. The summed E-state index contributed by atoms with van der Waals surface area (Å²) < 4.78 is 176. The molecule has 0 saturated carbocycles. The highest BCUT2D eigenvalue weighted by Crippen LogP contribution is 2.78. The number of nitrogens with two attached hydrogens (primary N) is 3. The molecule has 0 spiro atoms. The summed E-state index contributed by atoms with van der Waals surface area (Å²) in [4.78, 5) is 0. The van der Waals surface area contributed by atoms with Gasteiger partial charge in [0.1, 0.15) is 34.5 Å². The van der Waals surface area contributed by atoms with Gasteiger partial charge in [-0.3, -0.25) is 0 Å². The molecule has 1 heterocycles. The molecule has 0 amide bonds. The molecular formula is C39H30F9N6O6P3. The number of rotatable bonds is 12. The number of hydrogen-bond acceptors (Lipinski definition) is 12. The van der Waals surface area contributed by atoms with Gasteiger partial charge >= 0.3 is 41.5 Å². The summed E-state index contributed by atoms with van der Waals surface area (Å²) in [6.45, 7) is 0. The van der Waals surface area contributed by atoms with Crippen LogP contribution in [0.5, 0.6) is 34.5 Å². The van der Waals surface area contributed by atoms with Gasteiger partial charge in [-0.25, -0.2) is 0 Å². The Morgan fingerprint density at radius 1 is 0.286 bits per heavy atom. The van der Waals surface area contributed by atoms with Crippen LogP contribution in [0.25, 0.3) is 0 Å². The molecule has 6 aromatic rings. The molecule has 0 aliphatic carbocycles. The van der Waals surface area contributed by atoms with Gasteiger partial charge in [-0.05, 0) is 146 Å². The van der Waals surface area contributed by atoms with Crippen molar-refractivity contribution in [2.24, 2.45) is 13.5 Å². The molecule has 12 nitrogen and oxygen atoms in total. The van der Waals surface area contributed by atoms with Crippen LogP contribution in [-0.2, 0) is 18.5 Å². The van der Waals surface area contributed by atoms with Crippen LogP contribution < -0.4 is 44.3 Å². The highest BCUT2D eigenvalue weighted by molar-refractivity contribution is 7.79.